The molecule has 3 rings (SSSR count). The van der Waals surface area contributed by atoms with Gasteiger partial charge in [-0.15, -0.1) is 0 Å². The molecule has 11 nitrogen and oxygen atoms in total. The van der Waals surface area contributed by atoms with Crippen LogP contribution in [0.2, 0.25) is 0 Å². The smallest absolute Gasteiger partial charge is 0.266 e. The van der Waals surface area contributed by atoms with Crippen molar-refractivity contribution in [3.63, 3.8) is 0 Å². The van der Waals surface area contributed by atoms with Crippen molar-refractivity contribution in [1.29, 1.82) is 0 Å². The van der Waals surface area contributed by atoms with E-state index in [0.717, 1.165) is 4.90 Å². The van der Waals surface area contributed by atoms with Crippen LogP contribution in [0.3, 0.4) is 0 Å². The van der Waals surface area contributed by atoms with Gasteiger partial charge in [-0.2, -0.15) is 0 Å². The number of hydrogen-bond donors (Lipinski definition) is 3. The fraction of sp³-hybridized carbons (Fsp3) is 0.429. The number of carbonyl (C=O) groups is 6. The number of hydrogen-bond acceptors (Lipinski definition) is 7. The zero-order valence-electron chi connectivity index (χ0n) is 17.6. The molecule has 11 heteroatoms. The third-order valence-corrected chi connectivity index (χ3v) is 5.07. The largest absolute Gasteiger partial charge is 0.483 e. The van der Waals surface area contributed by atoms with Crippen LogP contribution in [-0.4, -0.2) is 66.1 Å². The molecular formula is C21H24N4O7. The normalized spacial score (nSPS) is 17.7. The number of nitrogens with one attached hydrogen (secondary N) is 3. The molecule has 1 unspecified atom stereocenters. The highest BCUT2D eigenvalue weighted by Crippen LogP contribution is 2.33. The van der Waals surface area contributed by atoms with Crippen LogP contribution < -0.4 is 20.7 Å². The summed E-state index contributed by atoms with van der Waals surface area (Å²) >= 11 is 0. The van der Waals surface area contributed by atoms with E-state index in [-0.39, 0.29) is 48.6 Å². The topological polar surface area (TPSA) is 151 Å². The van der Waals surface area contributed by atoms with Crippen LogP contribution in [0.25, 0.3) is 0 Å². The molecule has 2 aliphatic heterocycles. The van der Waals surface area contributed by atoms with Crippen molar-refractivity contribution in [2.45, 2.75) is 38.6 Å². The summed E-state index contributed by atoms with van der Waals surface area (Å²) in [5, 5.41) is 7.41. The van der Waals surface area contributed by atoms with Gasteiger partial charge in [-0.1, -0.05) is 6.07 Å². The van der Waals surface area contributed by atoms with Crippen molar-refractivity contribution >= 4 is 35.4 Å². The molecule has 2 heterocycles. The molecule has 1 aromatic rings. The zero-order valence-corrected chi connectivity index (χ0v) is 17.6. The van der Waals surface area contributed by atoms with Gasteiger partial charge in [0.1, 0.15) is 11.8 Å². The van der Waals surface area contributed by atoms with E-state index in [0.29, 0.717) is 13.0 Å². The van der Waals surface area contributed by atoms with Gasteiger partial charge in [0.15, 0.2) is 6.61 Å². The van der Waals surface area contributed by atoms with Gasteiger partial charge in [0.05, 0.1) is 11.1 Å². The highest BCUT2D eigenvalue weighted by atomic mass is 16.5. The van der Waals surface area contributed by atoms with Gasteiger partial charge in [-0.3, -0.25) is 39.0 Å². The second-order valence-electron chi connectivity index (χ2n) is 7.32. The number of amides is 6. The minimum atomic E-state index is -1.08. The van der Waals surface area contributed by atoms with Crippen LogP contribution in [-0.2, 0) is 19.2 Å². The number of nitrogens with zero attached hydrogens (tertiary/aromatic N) is 1. The maximum atomic E-state index is 12.9. The van der Waals surface area contributed by atoms with E-state index in [4.69, 9.17) is 4.74 Å². The molecule has 0 aromatic heterocycles. The third-order valence-electron chi connectivity index (χ3n) is 5.07. The third kappa shape index (κ3) is 4.93. The van der Waals surface area contributed by atoms with Crippen LogP contribution >= 0.6 is 0 Å². The Hall–Kier alpha value is -3.76. The van der Waals surface area contributed by atoms with E-state index in [1.165, 1.54) is 18.2 Å². The molecule has 3 N–H and O–H groups in total. The standard InChI is InChI=1S/C21H24N4O7/c1-2-22-15(26)7-4-10-23-17(28)11-32-14-6-3-5-12-18(14)21(31)25(20(12)30)13-8-9-16(27)24-19(13)29/h3,5-6,13H,2,4,7-11H2,1H3,(H,22,26)(H,23,28)(H,24,27,29). The van der Waals surface area contributed by atoms with Gasteiger partial charge in [0.25, 0.3) is 17.7 Å². The molecule has 2 aliphatic rings. The number of imide groups is 2. The van der Waals surface area contributed by atoms with E-state index in [1.54, 1.807) is 0 Å². The summed E-state index contributed by atoms with van der Waals surface area (Å²) in [6.45, 7) is 2.26. The van der Waals surface area contributed by atoms with Crippen LogP contribution in [0, 0.1) is 0 Å². The minimum absolute atomic E-state index is 0.0213. The van der Waals surface area contributed by atoms with Gasteiger partial charge in [-0.05, 0) is 31.9 Å². The summed E-state index contributed by atoms with van der Waals surface area (Å²) in [5.41, 5.74) is 0.0470. The fourth-order valence-electron chi connectivity index (χ4n) is 3.56. The maximum Gasteiger partial charge on any atom is 0.266 e. The lowest BCUT2D eigenvalue weighted by Crippen LogP contribution is -2.54. The average Bonchev–Trinajstić information content (AvgIpc) is 3.01. The predicted octanol–water partition coefficient (Wildman–Crippen LogP) is -0.501. The summed E-state index contributed by atoms with van der Waals surface area (Å²) in [6, 6.07) is 3.33. The van der Waals surface area contributed by atoms with Crippen molar-refractivity contribution in [1.82, 2.24) is 20.9 Å². The Kier molecular flexibility index (Phi) is 7.18. The van der Waals surface area contributed by atoms with E-state index in [9.17, 15) is 28.8 Å². The molecule has 1 fully saturated rings. The van der Waals surface area contributed by atoms with Crippen LogP contribution in [0.4, 0.5) is 0 Å². The van der Waals surface area contributed by atoms with Gasteiger partial charge in [0.2, 0.25) is 17.7 Å². The Balaban J connectivity index is 1.60. The number of ether oxygens (including phenoxy) is 1. The predicted molar refractivity (Wildman–Crippen MR) is 110 cm³/mol. The average molecular weight is 444 g/mol. The Labute approximate surface area is 183 Å². The first-order valence-electron chi connectivity index (χ1n) is 10.3. The van der Waals surface area contributed by atoms with E-state index in [2.05, 4.69) is 16.0 Å². The van der Waals surface area contributed by atoms with E-state index >= 15 is 0 Å². The molecule has 170 valence electrons. The molecule has 32 heavy (non-hydrogen) atoms. The quantitative estimate of drug-likeness (QED) is 0.343. The molecule has 6 amide bonds. The van der Waals surface area contributed by atoms with E-state index < -0.39 is 42.2 Å². The molecule has 0 saturated carbocycles. The lowest BCUT2D eigenvalue weighted by Gasteiger charge is -2.27. The summed E-state index contributed by atoms with van der Waals surface area (Å²) in [5.74, 6) is -3.02. The highest BCUT2D eigenvalue weighted by Gasteiger charge is 2.46. The summed E-state index contributed by atoms with van der Waals surface area (Å²) in [7, 11) is 0. The van der Waals surface area contributed by atoms with Crippen molar-refractivity contribution in [3.8, 4) is 5.75 Å². The van der Waals surface area contributed by atoms with Crippen molar-refractivity contribution in [3.05, 3.63) is 29.3 Å². The Morgan fingerprint density at radius 3 is 2.62 bits per heavy atom. The number of benzene rings is 1. The second-order valence-corrected chi connectivity index (χ2v) is 7.32. The van der Waals surface area contributed by atoms with Gasteiger partial charge < -0.3 is 15.4 Å². The molecule has 0 radical (unpaired) electrons. The molecule has 0 bridgehead atoms. The number of fused-ring (bicyclic) bond motifs is 1. The van der Waals surface area contributed by atoms with Crippen LogP contribution in [0.15, 0.2) is 18.2 Å². The Morgan fingerprint density at radius 1 is 1.12 bits per heavy atom. The zero-order chi connectivity index (χ0) is 23.3. The van der Waals surface area contributed by atoms with Gasteiger partial charge in [0, 0.05) is 25.9 Å². The first-order chi connectivity index (χ1) is 15.3. The molecule has 1 aromatic carbocycles. The number of rotatable bonds is 9. The second kappa shape index (κ2) is 10.0. The van der Waals surface area contributed by atoms with Crippen LogP contribution in [0.1, 0.15) is 53.3 Å². The first kappa shape index (κ1) is 22.9. The van der Waals surface area contributed by atoms with E-state index in [1.807, 2.05) is 6.92 Å². The van der Waals surface area contributed by atoms with Gasteiger partial charge in [-0.25, -0.2) is 0 Å². The molecule has 0 aliphatic carbocycles. The number of carbonyl (C=O) groups excluding carboxylic acids is 6. The summed E-state index contributed by atoms with van der Waals surface area (Å²) in [6.07, 6.45) is 0.818. The molecule has 0 spiro atoms. The minimum Gasteiger partial charge on any atom is -0.483 e. The molecule has 1 atom stereocenters. The van der Waals surface area contributed by atoms with Crippen LogP contribution in [0.5, 0.6) is 5.75 Å². The first-order valence-corrected chi connectivity index (χ1v) is 10.3. The Morgan fingerprint density at radius 2 is 1.91 bits per heavy atom. The Bertz CT molecular complexity index is 975. The van der Waals surface area contributed by atoms with Crippen molar-refractivity contribution in [2.24, 2.45) is 0 Å². The summed E-state index contributed by atoms with van der Waals surface area (Å²) in [4.78, 5) is 73.5. The SMILES string of the molecule is CCNC(=O)CCCNC(=O)COc1cccc2c1C(=O)N(C1CCC(=O)NC1=O)C2=O. The summed E-state index contributed by atoms with van der Waals surface area (Å²) < 4.78 is 5.48. The maximum absolute atomic E-state index is 12.9. The highest BCUT2D eigenvalue weighted by molar-refractivity contribution is 6.24. The molecule has 1 saturated heterocycles. The fourth-order valence-corrected chi connectivity index (χ4v) is 3.56. The van der Waals surface area contributed by atoms with Crippen molar-refractivity contribution < 1.29 is 33.5 Å². The van der Waals surface area contributed by atoms with Gasteiger partial charge >= 0.3 is 0 Å². The molecular weight excluding hydrogens is 420 g/mol. The lowest BCUT2D eigenvalue weighted by atomic mass is 10.0. The monoisotopic (exact) mass is 444 g/mol. The lowest BCUT2D eigenvalue weighted by molar-refractivity contribution is -0.136. The number of piperidine rings is 1. The van der Waals surface area contributed by atoms with Crippen molar-refractivity contribution in [2.75, 3.05) is 19.7 Å².